The smallest absolute Gasteiger partial charge is 0.426 e. The van der Waals surface area contributed by atoms with Crippen LogP contribution >= 0.6 is 0 Å². The standard InChI is InChI=1S/C7H12N2O3Si/c1-5(12-13(2,3)4)6(9-8)7(10)11/h8H,1H2,2-4H3. The first-order valence-electron chi connectivity index (χ1n) is 3.62. The molecule has 6 heteroatoms. The summed E-state index contributed by atoms with van der Waals surface area (Å²) >= 11 is 0. The highest BCUT2D eigenvalue weighted by Gasteiger charge is 2.25. The number of aliphatic carboxylic acids is 1. The topological polar surface area (TPSA) is 87.3 Å². The lowest BCUT2D eigenvalue weighted by Crippen LogP contribution is -2.37. The van der Waals surface area contributed by atoms with Crippen LogP contribution in [0.3, 0.4) is 0 Å². The highest BCUT2D eigenvalue weighted by molar-refractivity contribution is 6.70. The molecule has 0 saturated heterocycles. The molecule has 0 aliphatic rings. The van der Waals surface area contributed by atoms with Crippen molar-refractivity contribution < 1.29 is 19.1 Å². The third kappa shape index (κ3) is 4.24. The molecular weight excluding hydrogens is 188 g/mol. The van der Waals surface area contributed by atoms with Crippen LogP contribution in [0.5, 0.6) is 0 Å². The second-order valence-electron chi connectivity index (χ2n) is 3.39. The van der Waals surface area contributed by atoms with Crippen LogP contribution in [-0.4, -0.2) is 24.8 Å². The molecule has 5 nitrogen and oxygen atoms in total. The molecule has 0 aliphatic carbocycles. The molecule has 1 N–H and O–H groups in total. The van der Waals surface area contributed by atoms with Crippen LogP contribution in [0.25, 0.3) is 0 Å². The summed E-state index contributed by atoms with van der Waals surface area (Å²) in [5.74, 6) is -1.65. The molecule has 0 aliphatic heterocycles. The molecule has 0 heterocycles. The molecule has 0 radical (unpaired) electrons. The normalized spacial score (nSPS) is 10.1. The highest BCUT2D eigenvalue weighted by atomic mass is 28.4. The number of carbonyl (C=O) groups excluding carboxylic acids is 1. The van der Waals surface area contributed by atoms with Crippen LogP contribution in [0.4, 0.5) is 0 Å². The number of carbonyl (C=O) groups is 1. The number of hydrogen-bond donors (Lipinski definition) is 1. The van der Waals surface area contributed by atoms with Crippen molar-refractivity contribution in [1.82, 2.24) is 0 Å². The van der Waals surface area contributed by atoms with Crippen molar-refractivity contribution in [1.29, 1.82) is 5.53 Å². The molecule has 0 aromatic heterocycles. The van der Waals surface area contributed by atoms with Gasteiger partial charge < -0.3 is 14.3 Å². The largest absolute Gasteiger partial charge is 0.539 e. The minimum absolute atomic E-state index is 0.103. The fourth-order valence-corrected chi connectivity index (χ4v) is 1.48. The summed E-state index contributed by atoms with van der Waals surface area (Å²) in [7, 11) is -1.90. The number of carboxylic acid groups (broad SMARTS) is 1. The molecule has 0 spiro atoms. The summed E-state index contributed by atoms with van der Waals surface area (Å²) in [5.41, 5.74) is 6.02. The van der Waals surface area contributed by atoms with Crippen molar-refractivity contribution in [3.05, 3.63) is 12.3 Å². The molecule has 0 atom stereocenters. The molecule has 0 rings (SSSR count). The summed E-state index contributed by atoms with van der Waals surface area (Å²) in [6.45, 7) is 8.98. The molecule has 0 aromatic rings. The van der Waals surface area contributed by atoms with Gasteiger partial charge in [0.15, 0.2) is 11.7 Å². The van der Waals surface area contributed by atoms with Crippen LogP contribution in [-0.2, 0) is 9.22 Å². The van der Waals surface area contributed by atoms with E-state index in [9.17, 15) is 9.90 Å². The van der Waals surface area contributed by atoms with Crippen LogP contribution in [0.15, 0.2) is 12.3 Å². The minimum Gasteiger partial charge on any atom is -0.539 e. The molecule has 0 unspecified atom stereocenters. The zero-order valence-electron chi connectivity index (χ0n) is 7.88. The van der Waals surface area contributed by atoms with Crippen molar-refractivity contribution in [2.24, 2.45) is 0 Å². The number of nitrogens with zero attached hydrogens (tertiary/aromatic N) is 1. The van der Waals surface area contributed by atoms with Gasteiger partial charge in [-0.15, -0.1) is 0 Å². The fraction of sp³-hybridized carbons (Fsp3) is 0.429. The summed E-state index contributed by atoms with van der Waals surface area (Å²) < 4.78 is 5.22. The van der Waals surface area contributed by atoms with E-state index in [2.05, 4.69) is 11.4 Å². The average molecular weight is 200 g/mol. The molecule has 0 bridgehead atoms. The van der Waals surface area contributed by atoms with Crippen LogP contribution in [0, 0.1) is 5.53 Å². The Morgan fingerprint density at radius 1 is 1.54 bits per heavy atom. The maximum absolute atomic E-state index is 10.4. The van der Waals surface area contributed by atoms with E-state index in [1.54, 1.807) is 0 Å². The van der Waals surface area contributed by atoms with Crippen molar-refractivity contribution >= 4 is 20.0 Å². The third-order valence-corrected chi connectivity index (χ3v) is 1.86. The first kappa shape index (κ1) is 11.6. The first-order valence-corrected chi connectivity index (χ1v) is 7.03. The Kier molecular flexibility index (Phi) is 3.59. The van der Waals surface area contributed by atoms with E-state index in [-0.39, 0.29) is 5.76 Å². The molecule has 0 amide bonds. The van der Waals surface area contributed by atoms with E-state index in [0.29, 0.717) is 0 Å². The van der Waals surface area contributed by atoms with Crippen molar-refractivity contribution in [2.45, 2.75) is 19.6 Å². The van der Waals surface area contributed by atoms with E-state index in [1.807, 2.05) is 19.6 Å². The number of carboxylic acids is 1. The lowest BCUT2D eigenvalue weighted by atomic mass is 10.3. The van der Waals surface area contributed by atoms with Gasteiger partial charge in [-0.25, -0.2) is 0 Å². The zero-order chi connectivity index (χ0) is 10.6. The Balaban J connectivity index is 4.62. The SMILES string of the molecule is C=C(O[Si](C)(C)C)C(=[N+]=N)C(=O)[O-]. The van der Waals surface area contributed by atoms with Crippen LogP contribution in [0.1, 0.15) is 0 Å². The van der Waals surface area contributed by atoms with Gasteiger partial charge >= 0.3 is 5.71 Å². The van der Waals surface area contributed by atoms with Gasteiger partial charge in [-0.2, -0.15) is 0 Å². The molecule has 0 saturated carbocycles. The molecule has 0 fully saturated rings. The average Bonchev–Trinajstić information content (AvgIpc) is 1.82. The second-order valence-corrected chi connectivity index (χ2v) is 7.81. The summed E-state index contributed by atoms with van der Waals surface area (Å²) in [4.78, 5) is 13.1. The Morgan fingerprint density at radius 3 is 2.23 bits per heavy atom. The van der Waals surface area contributed by atoms with Crippen molar-refractivity contribution in [3.8, 4) is 0 Å². The maximum atomic E-state index is 10.4. The van der Waals surface area contributed by atoms with Gasteiger partial charge in [0.1, 0.15) is 0 Å². The van der Waals surface area contributed by atoms with E-state index < -0.39 is 20.0 Å². The monoisotopic (exact) mass is 200 g/mol. The van der Waals surface area contributed by atoms with Gasteiger partial charge in [0, 0.05) is 0 Å². The Labute approximate surface area is 77.4 Å². The quantitative estimate of drug-likeness (QED) is 0.224. The van der Waals surface area contributed by atoms with E-state index in [1.165, 1.54) is 0 Å². The predicted octanol–water partition coefficient (Wildman–Crippen LogP) is -0.218. The van der Waals surface area contributed by atoms with Gasteiger partial charge in [0.2, 0.25) is 8.32 Å². The highest BCUT2D eigenvalue weighted by Crippen LogP contribution is 2.08. The first-order chi connectivity index (χ1) is 5.78. The van der Waals surface area contributed by atoms with E-state index in [0.717, 1.165) is 0 Å². The van der Waals surface area contributed by atoms with Gasteiger partial charge in [-0.05, 0) is 26.2 Å². The number of rotatable bonds is 4. The summed E-state index contributed by atoms with van der Waals surface area (Å²) in [5, 5.41) is 10.4. The minimum atomic E-state index is -1.90. The summed E-state index contributed by atoms with van der Waals surface area (Å²) in [6, 6.07) is 0. The lowest BCUT2D eigenvalue weighted by Gasteiger charge is -2.17. The van der Waals surface area contributed by atoms with E-state index in [4.69, 9.17) is 9.96 Å². The molecule has 72 valence electrons. The molecular formula is C7H12N2O3Si. The van der Waals surface area contributed by atoms with Gasteiger partial charge in [-0.3, -0.25) is 0 Å². The zero-order valence-corrected chi connectivity index (χ0v) is 8.88. The third-order valence-electron chi connectivity index (χ3n) is 0.999. The van der Waals surface area contributed by atoms with Crippen LogP contribution < -0.4 is 5.11 Å². The number of nitrogens with one attached hydrogen (secondary N) is 1. The van der Waals surface area contributed by atoms with Crippen molar-refractivity contribution in [3.63, 3.8) is 0 Å². The second kappa shape index (κ2) is 4.02. The van der Waals surface area contributed by atoms with Gasteiger partial charge in [0.25, 0.3) is 0 Å². The Bertz CT molecular complexity index is 287. The fourth-order valence-electron chi connectivity index (χ4n) is 0.640. The molecule has 13 heavy (non-hydrogen) atoms. The van der Waals surface area contributed by atoms with Gasteiger partial charge in [0.05, 0.1) is 10.3 Å². The Morgan fingerprint density at radius 2 is 2.00 bits per heavy atom. The lowest BCUT2D eigenvalue weighted by molar-refractivity contribution is -0.299. The van der Waals surface area contributed by atoms with Crippen molar-refractivity contribution in [2.75, 3.05) is 0 Å². The predicted molar refractivity (Wildman–Crippen MR) is 46.6 cm³/mol. The number of hydrogen-bond acceptors (Lipinski definition) is 4. The Hall–Kier alpha value is -1.39. The molecule has 0 aromatic carbocycles. The maximum Gasteiger partial charge on any atom is 0.426 e. The summed E-state index contributed by atoms with van der Waals surface area (Å²) in [6.07, 6.45) is 0. The van der Waals surface area contributed by atoms with Crippen LogP contribution in [0.2, 0.25) is 19.6 Å². The van der Waals surface area contributed by atoms with Gasteiger partial charge in [-0.1, -0.05) is 0 Å². The van der Waals surface area contributed by atoms with E-state index >= 15 is 0 Å².